The van der Waals surface area contributed by atoms with Crippen molar-refractivity contribution in [1.82, 2.24) is 0 Å². The van der Waals surface area contributed by atoms with Crippen molar-refractivity contribution in [3.05, 3.63) is 52.1 Å². The van der Waals surface area contributed by atoms with Gasteiger partial charge in [-0.1, -0.05) is 12.1 Å². The van der Waals surface area contributed by atoms with E-state index in [-0.39, 0.29) is 24.0 Å². The summed E-state index contributed by atoms with van der Waals surface area (Å²) in [6.45, 7) is 0.215. The molecule has 2 aromatic rings. The van der Waals surface area contributed by atoms with Crippen molar-refractivity contribution in [1.29, 1.82) is 0 Å². The molecule has 1 aliphatic heterocycles. The molecule has 0 aliphatic carbocycles. The lowest BCUT2D eigenvalue weighted by atomic mass is 10.1. The molecule has 1 aliphatic rings. The Hall–Kier alpha value is -3.29. The number of ether oxygens (including phenoxy) is 2. The molecule has 3 rings (SSSR count). The molecule has 8 heteroatoms. The first-order chi connectivity index (χ1) is 11.6. The fourth-order valence-corrected chi connectivity index (χ4v) is 2.39. The van der Waals surface area contributed by atoms with Crippen LogP contribution in [0, 0.1) is 10.1 Å². The van der Waals surface area contributed by atoms with Gasteiger partial charge in [-0.2, -0.15) is 0 Å². The maximum atomic E-state index is 11.4. The molecule has 0 atom stereocenters. The monoisotopic (exact) mass is 329 g/mol. The van der Waals surface area contributed by atoms with Crippen molar-refractivity contribution in [3.63, 3.8) is 0 Å². The summed E-state index contributed by atoms with van der Waals surface area (Å²) in [5.41, 5.74) is 1.49. The maximum Gasteiger partial charge on any atom is 0.296 e. The number of hydrogen-bond acceptors (Lipinski definition) is 6. The Morgan fingerprint density at radius 2 is 2.21 bits per heavy atom. The third kappa shape index (κ3) is 3.22. The molecule has 2 aromatic carbocycles. The van der Waals surface area contributed by atoms with Crippen molar-refractivity contribution < 1.29 is 19.2 Å². The van der Waals surface area contributed by atoms with Crippen molar-refractivity contribution in [3.8, 4) is 11.5 Å². The van der Waals surface area contributed by atoms with E-state index in [1.807, 2.05) is 24.3 Å². The number of nitrogens with one attached hydrogen (secondary N) is 2. The molecule has 0 radical (unpaired) electrons. The van der Waals surface area contributed by atoms with Crippen LogP contribution >= 0.6 is 0 Å². The van der Waals surface area contributed by atoms with E-state index >= 15 is 0 Å². The van der Waals surface area contributed by atoms with Crippen molar-refractivity contribution >= 4 is 23.0 Å². The van der Waals surface area contributed by atoms with Gasteiger partial charge in [0.15, 0.2) is 12.4 Å². The topological polar surface area (TPSA) is 103 Å². The molecule has 0 saturated carbocycles. The number of amides is 1. The first-order valence-electron chi connectivity index (χ1n) is 7.18. The van der Waals surface area contributed by atoms with E-state index in [4.69, 9.17) is 9.47 Å². The van der Waals surface area contributed by atoms with Crippen LogP contribution in [0.15, 0.2) is 36.4 Å². The molecule has 8 nitrogen and oxygen atoms in total. The minimum atomic E-state index is -0.492. The Labute approximate surface area is 137 Å². The molecule has 0 spiro atoms. The molecule has 24 heavy (non-hydrogen) atoms. The molecule has 1 heterocycles. The molecular formula is C16H15N3O5. The van der Waals surface area contributed by atoms with Gasteiger partial charge in [-0.3, -0.25) is 14.9 Å². The molecule has 0 bridgehead atoms. The van der Waals surface area contributed by atoms with Crippen LogP contribution in [0.3, 0.4) is 0 Å². The highest BCUT2D eigenvalue weighted by Gasteiger charge is 2.23. The summed E-state index contributed by atoms with van der Waals surface area (Å²) in [5, 5.41) is 16.9. The number of anilines is 2. The Morgan fingerprint density at radius 1 is 1.38 bits per heavy atom. The average molecular weight is 329 g/mol. The number of methoxy groups -OCH3 is 1. The molecule has 0 aromatic heterocycles. The largest absolute Gasteiger partial charge is 0.497 e. The summed E-state index contributed by atoms with van der Waals surface area (Å²) >= 11 is 0. The number of benzene rings is 2. The highest BCUT2D eigenvalue weighted by molar-refractivity contribution is 5.96. The molecule has 0 saturated heterocycles. The summed E-state index contributed by atoms with van der Waals surface area (Å²) in [6, 6.07) is 10.2. The van der Waals surface area contributed by atoms with E-state index in [0.717, 1.165) is 5.56 Å². The quantitative estimate of drug-likeness (QED) is 0.645. The van der Waals surface area contributed by atoms with Gasteiger partial charge in [0.05, 0.1) is 23.8 Å². The number of carbonyl (C=O) groups is 1. The minimum absolute atomic E-state index is 0.118. The van der Waals surface area contributed by atoms with Gasteiger partial charge in [-0.15, -0.1) is 0 Å². The van der Waals surface area contributed by atoms with E-state index < -0.39 is 4.92 Å². The normalized spacial score (nSPS) is 12.6. The van der Waals surface area contributed by atoms with Crippen molar-refractivity contribution in [2.45, 2.75) is 6.54 Å². The van der Waals surface area contributed by atoms with Gasteiger partial charge >= 0.3 is 0 Å². The van der Waals surface area contributed by atoms with E-state index in [0.29, 0.717) is 23.7 Å². The SMILES string of the molecule is COc1cccc(CNc2cc3c(cc2[N+](=O)[O-])OCC(=O)N3)c1. The molecule has 0 fully saturated rings. The van der Waals surface area contributed by atoms with Gasteiger partial charge in [-0.05, 0) is 23.8 Å². The zero-order valence-corrected chi connectivity index (χ0v) is 12.9. The van der Waals surface area contributed by atoms with Crippen LogP contribution in [0.25, 0.3) is 0 Å². The standard InChI is InChI=1S/C16H15N3O5/c1-23-11-4-2-3-10(5-11)8-17-12-6-13-15(7-14(12)19(21)22)24-9-16(20)18-13/h2-7,17H,8-9H2,1H3,(H,18,20). The molecule has 1 amide bonds. The number of nitro groups is 1. The van der Waals surface area contributed by atoms with Gasteiger partial charge in [0.25, 0.3) is 11.6 Å². The van der Waals surface area contributed by atoms with Gasteiger partial charge < -0.3 is 20.1 Å². The second kappa shape index (κ2) is 6.45. The molecule has 0 unspecified atom stereocenters. The van der Waals surface area contributed by atoms with Crippen molar-refractivity contribution in [2.24, 2.45) is 0 Å². The Kier molecular flexibility index (Phi) is 4.19. The first-order valence-corrected chi connectivity index (χ1v) is 7.18. The second-order valence-electron chi connectivity index (χ2n) is 5.16. The minimum Gasteiger partial charge on any atom is -0.497 e. The number of nitrogens with zero attached hydrogens (tertiary/aromatic N) is 1. The fraction of sp³-hybridized carbons (Fsp3) is 0.188. The average Bonchev–Trinajstić information content (AvgIpc) is 2.59. The zero-order valence-electron chi connectivity index (χ0n) is 12.9. The highest BCUT2D eigenvalue weighted by Crippen LogP contribution is 2.38. The first kappa shape index (κ1) is 15.6. The smallest absolute Gasteiger partial charge is 0.296 e. The fourth-order valence-electron chi connectivity index (χ4n) is 2.39. The van der Waals surface area contributed by atoms with Crippen LogP contribution < -0.4 is 20.1 Å². The van der Waals surface area contributed by atoms with E-state index in [1.165, 1.54) is 12.1 Å². The molecular weight excluding hydrogens is 314 g/mol. The lowest BCUT2D eigenvalue weighted by molar-refractivity contribution is -0.384. The second-order valence-corrected chi connectivity index (χ2v) is 5.16. The molecule has 2 N–H and O–H groups in total. The summed E-state index contributed by atoms with van der Waals surface area (Å²) in [4.78, 5) is 22.2. The van der Waals surface area contributed by atoms with E-state index in [9.17, 15) is 14.9 Å². The van der Waals surface area contributed by atoms with Crippen LogP contribution in [0.2, 0.25) is 0 Å². The lowest BCUT2D eigenvalue weighted by Crippen LogP contribution is -2.25. The van der Waals surface area contributed by atoms with Gasteiger partial charge in [-0.25, -0.2) is 0 Å². The Bertz CT molecular complexity index is 806. The maximum absolute atomic E-state index is 11.4. The zero-order chi connectivity index (χ0) is 17.1. The third-order valence-electron chi connectivity index (χ3n) is 3.54. The number of rotatable bonds is 5. The number of nitro benzene ring substituents is 1. The Balaban J connectivity index is 1.87. The van der Waals surface area contributed by atoms with Gasteiger partial charge in [0, 0.05) is 6.54 Å². The molecule has 124 valence electrons. The van der Waals surface area contributed by atoms with Crippen LogP contribution in [0.4, 0.5) is 17.1 Å². The number of carbonyl (C=O) groups excluding carboxylic acids is 1. The van der Waals surface area contributed by atoms with E-state index in [2.05, 4.69) is 10.6 Å². The predicted molar refractivity (Wildman–Crippen MR) is 87.5 cm³/mol. The van der Waals surface area contributed by atoms with Crippen LogP contribution in [0.5, 0.6) is 11.5 Å². The summed E-state index contributed by atoms with van der Waals surface area (Å²) < 4.78 is 10.4. The van der Waals surface area contributed by atoms with Crippen molar-refractivity contribution in [2.75, 3.05) is 24.4 Å². The predicted octanol–water partition coefficient (Wildman–Crippen LogP) is 2.55. The number of hydrogen-bond donors (Lipinski definition) is 2. The Morgan fingerprint density at radius 3 is 2.96 bits per heavy atom. The highest BCUT2D eigenvalue weighted by atomic mass is 16.6. The summed E-state index contributed by atoms with van der Waals surface area (Å²) in [6.07, 6.45) is 0. The van der Waals surface area contributed by atoms with Crippen LogP contribution in [-0.4, -0.2) is 24.5 Å². The van der Waals surface area contributed by atoms with Gasteiger partial charge in [0.1, 0.15) is 11.4 Å². The number of fused-ring (bicyclic) bond motifs is 1. The van der Waals surface area contributed by atoms with Crippen LogP contribution in [0.1, 0.15) is 5.56 Å². The lowest BCUT2D eigenvalue weighted by Gasteiger charge is -2.19. The summed E-state index contributed by atoms with van der Waals surface area (Å²) in [5.74, 6) is 0.693. The van der Waals surface area contributed by atoms with E-state index in [1.54, 1.807) is 7.11 Å². The summed E-state index contributed by atoms with van der Waals surface area (Å²) in [7, 11) is 1.57. The van der Waals surface area contributed by atoms with Crippen LogP contribution in [-0.2, 0) is 11.3 Å². The third-order valence-corrected chi connectivity index (χ3v) is 3.54. The van der Waals surface area contributed by atoms with Gasteiger partial charge in [0.2, 0.25) is 0 Å².